The molecule has 0 amide bonds. The summed E-state index contributed by atoms with van der Waals surface area (Å²) < 4.78 is 4.97. The van der Waals surface area contributed by atoms with Crippen LogP contribution in [0.25, 0.3) is 0 Å². The highest BCUT2D eigenvalue weighted by Crippen LogP contribution is 2.24. The quantitative estimate of drug-likeness (QED) is 0.804. The first kappa shape index (κ1) is 10.6. The Kier molecular flexibility index (Phi) is 3.41. The molecular formula is C9H15NO2S. The number of aliphatic hydroxyl groups excluding tert-OH is 1. The van der Waals surface area contributed by atoms with E-state index in [1.54, 1.807) is 18.4 Å². The van der Waals surface area contributed by atoms with Crippen molar-refractivity contribution in [3.8, 4) is 0 Å². The number of aliphatic hydroxyl groups is 1. The highest BCUT2D eigenvalue weighted by atomic mass is 32.1. The summed E-state index contributed by atoms with van der Waals surface area (Å²) in [6.45, 7) is 4.60. The minimum absolute atomic E-state index is 0.114. The molecule has 0 atom stereocenters. The van der Waals surface area contributed by atoms with Crippen LogP contribution in [0.1, 0.15) is 24.5 Å². The van der Waals surface area contributed by atoms with Gasteiger partial charge in [-0.3, -0.25) is 0 Å². The first-order chi connectivity index (χ1) is 6.10. The van der Waals surface area contributed by atoms with E-state index in [1.807, 2.05) is 19.2 Å². The summed E-state index contributed by atoms with van der Waals surface area (Å²) in [6.07, 6.45) is 0. The van der Waals surface area contributed by atoms with Gasteiger partial charge in [0.1, 0.15) is 5.01 Å². The van der Waals surface area contributed by atoms with E-state index in [4.69, 9.17) is 9.84 Å². The Labute approximate surface area is 82.4 Å². The van der Waals surface area contributed by atoms with Crippen molar-refractivity contribution in [2.24, 2.45) is 0 Å². The average Bonchev–Trinajstić information content (AvgIpc) is 2.54. The number of hydrogen-bond acceptors (Lipinski definition) is 4. The molecule has 0 spiro atoms. The SMILES string of the molecule is COCc1nc(C(C)(C)CO)cs1. The molecule has 0 aliphatic heterocycles. The van der Waals surface area contributed by atoms with Gasteiger partial charge in [0.2, 0.25) is 0 Å². The van der Waals surface area contributed by atoms with Gasteiger partial charge in [-0.25, -0.2) is 4.98 Å². The van der Waals surface area contributed by atoms with E-state index in [-0.39, 0.29) is 12.0 Å². The maximum Gasteiger partial charge on any atom is 0.119 e. The van der Waals surface area contributed by atoms with Crippen molar-refractivity contribution >= 4 is 11.3 Å². The number of aromatic nitrogens is 1. The number of nitrogens with zero attached hydrogens (tertiary/aromatic N) is 1. The van der Waals surface area contributed by atoms with E-state index in [0.717, 1.165) is 10.7 Å². The van der Waals surface area contributed by atoms with Gasteiger partial charge in [0.15, 0.2) is 0 Å². The standard InChI is InChI=1S/C9H15NO2S/c1-9(2,6-11)7-5-13-8(10-7)4-12-3/h5,11H,4,6H2,1-3H3. The third kappa shape index (κ3) is 2.49. The van der Waals surface area contributed by atoms with Crippen molar-refractivity contribution in [3.05, 3.63) is 16.1 Å². The summed E-state index contributed by atoms with van der Waals surface area (Å²) in [4.78, 5) is 4.38. The lowest BCUT2D eigenvalue weighted by Gasteiger charge is -2.18. The van der Waals surface area contributed by atoms with Gasteiger partial charge < -0.3 is 9.84 Å². The van der Waals surface area contributed by atoms with E-state index in [1.165, 1.54) is 0 Å². The largest absolute Gasteiger partial charge is 0.395 e. The Hall–Kier alpha value is -0.450. The molecule has 0 aromatic carbocycles. The molecule has 1 aromatic heterocycles. The molecule has 1 aromatic rings. The van der Waals surface area contributed by atoms with Gasteiger partial charge >= 0.3 is 0 Å². The molecule has 0 aliphatic rings. The van der Waals surface area contributed by atoms with Gasteiger partial charge in [0.25, 0.3) is 0 Å². The van der Waals surface area contributed by atoms with Crippen LogP contribution >= 0.6 is 11.3 Å². The molecule has 0 radical (unpaired) electrons. The number of methoxy groups -OCH3 is 1. The molecule has 13 heavy (non-hydrogen) atoms. The maximum absolute atomic E-state index is 9.12. The van der Waals surface area contributed by atoms with Crippen LogP contribution in [0.3, 0.4) is 0 Å². The van der Waals surface area contributed by atoms with Crippen LogP contribution in [-0.4, -0.2) is 23.8 Å². The van der Waals surface area contributed by atoms with Crippen molar-refractivity contribution in [1.82, 2.24) is 4.98 Å². The molecule has 0 saturated carbocycles. The second-order valence-corrected chi connectivity index (χ2v) is 4.54. The third-order valence-corrected chi connectivity index (χ3v) is 2.73. The van der Waals surface area contributed by atoms with Crippen LogP contribution in [0.4, 0.5) is 0 Å². The predicted octanol–water partition coefficient (Wildman–Crippen LogP) is 1.56. The van der Waals surface area contributed by atoms with Crippen molar-refractivity contribution < 1.29 is 9.84 Å². The molecule has 0 unspecified atom stereocenters. The van der Waals surface area contributed by atoms with Gasteiger partial charge in [0, 0.05) is 17.9 Å². The highest BCUT2D eigenvalue weighted by Gasteiger charge is 2.22. The summed E-state index contributed by atoms with van der Waals surface area (Å²) in [5.41, 5.74) is 0.690. The highest BCUT2D eigenvalue weighted by molar-refractivity contribution is 7.09. The van der Waals surface area contributed by atoms with Crippen LogP contribution < -0.4 is 0 Å². The zero-order valence-electron chi connectivity index (χ0n) is 8.20. The summed E-state index contributed by atoms with van der Waals surface area (Å²) in [6, 6.07) is 0. The van der Waals surface area contributed by atoms with Gasteiger partial charge in [-0.2, -0.15) is 0 Å². The smallest absolute Gasteiger partial charge is 0.119 e. The van der Waals surface area contributed by atoms with E-state index >= 15 is 0 Å². The predicted molar refractivity (Wildman–Crippen MR) is 52.9 cm³/mol. The van der Waals surface area contributed by atoms with Gasteiger partial charge in [-0.15, -0.1) is 11.3 Å². The maximum atomic E-state index is 9.12. The van der Waals surface area contributed by atoms with Crippen LogP contribution in [-0.2, 0) is 16.8 Å². The summed E-state index contributed by atoms with van der Waals surface area (Å²) in [5.74, 6) is 0. The first-order valence-electron chi connectivity index (χ1n) is 4.15. The van der Waals surface area contributed by atoms with E-state index < -0.39 is 0 Å². The van der Waals surface area contributed by atoms with E-state index in [0.29, 0.717) is 6.61 Å². The lowest BCUT2D eigenvalue weighted by Crippen LogP contribution is -2.22. The van der Waals surface area contributed by atoms with Crippen LogP contribution in [0, 0.1) is 0 Å². The molecule has 0 saturated heterocycles. The summed E-state index contributed by atoms with van der Waals surface area (Å²) in [7, 11) is 1.65. The van der Waals surface area contributed by atoms with Crippen molar-refractivity contribution in [3.63, 3.8) is 0 Å². The second kappa shape index (κ2) is 4.17. The molecule has 1 N–H and O–H groups in total. The van der Waals surface area contributed by atoms with Crippen LogP contribution in [0.2, 0.25) is 0 Å². The van der Waals surface area contributed by atoms with Crippen LogP contribution in [0.5, 0.6) is 0 Å². The molecule has 0 bridgehead atoms. The lowest BCUT2D eigenvalue weighted by atomic mass is 9.91. The lowest BCUT2D eigenvalue weighted by molar-refractivity contribution is 0.183. The van der Waals surface area contributed by atoms with E-state index in [9.17, 15) is 0 Å². The molecule has 74 valence electrons. The molecule has 4 heteroatoms. The topological polar surface area (TPSA) is 42.4 Å². The van der Waals surface area contributed by atoms with Gasteiger partial charge in [-0.05, 0) is 0 Å². The molecule has 0 aliphatic carbocycles. The fourth-order valence-electron chi connectivity index (χ4n) is 0.893. The number of rotatable bonds is 4. The minimum atomic E-state index is -0.248. The number of thiazole rings is 1. The van der Waals surface area contributed by atoms with Crippen LogP contribution in [0.15, 0.2) is 5.38 Å². The van der Waals surface area contributed by atoms with Gasteiger partial charge in [0.05, 0.1) is 18.9 Å². The molecule has 1 rings (SSSR count). The molecule has 3 nitrogen and oxygen atoms in total. The van der Waals surface area contributed by atoms with E-state index in [2.05, 4.69) is 4.98 Å². The zero-order chi connectivity index (χ0) is 9.90. The van der Waals surface area contributed by atoms with Crippen molar-refractivity contribution in [2.75, 3.05) is 13.7 Å². The monoisotopic (exact) mass is 201 g/mol. The van der Waals surface area contributed by atoms with Gasteiger partial charge in [-0.1, -0.05) is 13.8 Å². The fourth-order valence-corrected chi connectivity index (χ4v) is 1.85. The summed E-state index contributed by atoms with van der Waals surface area (Å²) >= 11 is 1.57. The Morgan fingerprint density at radius 3 is 2.85 bits per heavy atom. The number of ether oxygens (including phenoxy) is 1. The normalized spacial score (nSPS) is 12.0. The number of hydrogen-bond donors (Lipinski definition) is 1. The average molecular weight is 201 g/mol. The molecule has 1 heterocycles. The van der Waals surface area contributed by atoms with Crippen molar-refractivity contribution in [1.29, 1.82) is 0 Å². The second-order valence-electron chi connectivity index (χ2n) is 3.60. The Bertz CT molecular complexity index is 270. The zero-order valence-corrected chi connectivity index (χ0v) is 9.02. The fraction of sp³-hybridized carbons (Fsp3) is 0.667. The minimum Gasteiger partial charge on any atom is -0.395 e. The first-order valence-corrected chi connectivity index (χ1v) is 5.03. The Morgan fingerprint density at radius 1 is 1.62 bits per heavy atom. The molecular weight excluding hydrogens is 186 g/mol. The van der Waals surface area contributed by atoms with Crippen molar-refractivity contribution in [2.45, 2.75) is 25.9 Å². The Balaban J connectivity index is 2.79. The molecule has 0 fully saturated rings. The third-order valence-electron chi connectivity index (χ3n) is 1.91. The summed E-state index contributed by atoms with van der Waals surface area (Å²) in [5, 5.41) is 12.1. The Morgan fingerprint density at radius 2 is 2.31 bits per heavy atom.